The van der Waals surface area contributed by atoms with Gasteiger partial charge < -0.3 is 9.47 Å². The maximum Gasteiger partial charge on any atom is 0.340 e. The molecule has 0 saturated carbocycles. The molecule has 0 aromatic heterocycles. The Balaban J connectivity index is 2.80. The maximum absolute atomic E-state index is 11.8. The van der Waals surface area contributed by atoms with E-state index in [0.29, 0.717) is 17.2 Å². The lowest BCUT2D eigenvalue weighted by Crippen LogP contribution is -2.19. The molecule has 0 fully saturated rings. The lowest BCUT2D eigenvalue weighted by Gasteiger charge is -2.16. The smallest absolute Gasteiger partial charge is 0.340 e. The van der Waals surface area contributed by atoms with E-state index in [4.69, 9.17) is 27.5 Å². The van der Waals surface area contributed by atoms with Crippen LogP contribution in [0.15, 0.2) is 24.3 Å². The van der Waals surface area contributed by atoms with Crippen LogP contribution in [0.3, 0.4) is 0 Å². The van der Waals surface area contributed by atoms with Gasteiger partial charge in [-0.1, -0.05) is 36.6 Å². The predicted octanol–water partition coefficient (Wildman–Crippen LogP) is 2.98. The van der Waals surface area contributed by atoms with Gasteiger partial charge in [0.25, 0.3) is 0 Å². The van der Waals surface area contributed by atoms with Crippen molar-refractivity contribution in [3.8, 4) is 12.3 Å². The third-order valence-corrected chi connectivity index (χ3v) is 2.43. The van der Waals surface area contributed by atoms with Crippen molar-refractivity contribution >= 4 is 17.6 Å². The highest BCUT2D eigenvalue weighted by molar-refractivity contribution is 6.30. The SMILES string of the molecule is C#CCOC(=O)C(OCCC)c1ccc(Cl)cc1. The van der Waals surface area contributed by atoms with Gasteiger partial charge in [-0.3, -0.25) is 0 Å². The monoisotopic (exact) mass is 266 g/mol. The minimum atomic E-state index is -0.754. The average Bonchev–Trinajstić information content (AvgIpc) is 2.38. The molecular weight excluding hydrogens is 252 g/mol. The average molecular weight is 267 g/mol. The van der Waals surface area contributed by atoms with E-state index >= 15 is 0 Å². The number of halogens is 1. The molecule has 0 bridgehead atoms. The second-order valence-electron chi connectivity index (χ2n) is 3.61. The van der Waals surface area contributed by atoms with Crippen LogP contribution in [0.5, 0.6) is 0 Å². The number of rotatable bonds is 6. The fourth-order valence-corrected chi connectivity index (χ4v) is 1.49. The Morgan fingerprint density at radius 3 is 2.67 bits per heavy atom. The molecule has 1 rings (SSSR count). The largest absolute Gasteiger partial charge is 0.450 e. The van der Waals surface area contributed by atoms with E-state index in [2.05, 4.69) is 5.92 Å². The highest BCUT2D eigenvalue weighted by atomic mass is 35.5. The number of benzene rings is 1. The van der Waals surface area contributed by atoms with Crippen LogP contribution in [0.2, 0.25) is 5.02 Å². The molecule has 0 aliphatic carbocycles. The summed E-state index contributed by atoms with van der Waals surface area (Å²) in [5, 5.41) is 0.602. The molecule has 1 aromatic rings. The Morgan fingerprint density at radius 2 is 2.11 bits per heavy atom. The molecule has 0 N–H and O–H groups in total. The van der Waals surface area contributed by atoms with Gasteiger partial charge in [-0.25, -0.2) is 4.79 Å². The fourth-order valence-electron chi connectivity index (χ4n) is 1.36. The summed E-state index contributed by atoms with van der Waals surface area (Å²) in [6.45, 7) is 2.38. The van der Waals surface area contributed by atoms with Crippen LogP contribution in [0.4, 0.5) is 0 Å². The van der Waals surface area contributed by atoms with Gasteiger partial charge in [0.15, 0.2) is 12.7 Å². The minimum Gasteiger partial charge on any atom is -0.450 e. The van der Waals surface area contributed by atoms with E-state index in [1.54, 1.807) is 24.3 Å². The number of ether oxygens (including phenoxy) is 2. The molecule has 0 radical (unpaired) electrons. The van der Waals surface area contributed by atoms with Gasteiger partial charge in [0.1, 0.15) is 0 Å². The van der Waals surface area contributed by atoms with Crippen molar-refractivity contribution < 1.29 is 14.3 Å². The maximum atomic E-state index is 11.8. The topological polar surface area (TPSA) is 35.5 Å². The Kier molecular flexibility index (Phi) is 6.27. The van der Waals surface area contributed by atoms with Crippen molar-refractivity contribution in [1.82, 2.24) is 0 Å². The van der Waals surface area contributed by atoms with E-state index < -0.39 is 12.1 Å². The summed E-state index contributed by atoms with van der Waals surface area (Å²) in [4.78, 5) is 11.8. The minimum absolute atomic E-state index is 0.0571. The summed E-state index contributed by atoms with van der Waals surface area (Å²) >= 11 is 5.80. The molecule has 4 heteroatoms. The number of esters is 1. The lowest BCUT2D eigenvalue weighted by molar-refractivity contribution is -0.156. The van der Waals surface area contributed by atoms with Crippen LogP contribution in [0.25, 0.3) is 0 Å². The Bertz CT molecular complexity index is 420. The molecule has 0 amide bonds. The second-order valence-corrected chi connectivity index (χ2v) is 4.05. The lowest BCUT2D eigenvalue weighted by atomic mass is 10.1. The van der Waals surface area contributed by atoms with Crippen molar-refractivity contribution in [2.24, 2.45) is 0 Å². The summed E-state index contributed by atoms with van der Waals surface area (Å²) in [5.41, 5.74) is 0.704. The van der Waals surface area contributed by atoms with Gasteiger partial charge in [0.05, 0.1) is 0 Å². The molecule has 1 aromatic carbocycles. The zero-order valence-corrected chi connectivity index (χ0v) is 10.9. The second kappa shape index (κ2) is 7.75. The van der Waals surface area contributed by atoms with Crippen molar-refractivity contribution in [2.75, 3.05) is 13.2 Å². The van der Waals surface area contributed by atoms with Crippen LogP contribution in [0, 0.1) is 12.3 Å². The third-order valence-electron chi connectivity index (χ3n) is 2.17. The number of terminal acetylenes is 1. The first-order chi connectivity index (χ1) is 8.69. The molecule has 0 heterocycles. The standard InChI is InChI=1S/C14H15ClO3/c1-3-9-17-13(14(16)18-10-4-2)11-5-7-12(15)8-6-11/h2,5-8,13H,3,9-10H2,1H3. The summed E-state index contributed by atoms with van der Waals surface area (Å²) in [6, 6.07) is 6.88. The molecule has 3 nitrogen and oxygen atoms in total. The molecule has 1 unspecified atom stereocenters. The van der Waals surface area contributed by atoms with Gasteiger partial charge in [-0.05, 0) is 24.1 Å². The van der Waals surface area contributed by atoms with Crippen LogP contribution in [-0.2, 0) is 14.3 Å². The molecular formula is C14H15ClO3. The van der Waals surface area contributed by atoms with Gasteiger partial charge in [-0.2, -0.15) is 0 Å². The van der Waals surface area contributed by atoms with Crippen LogP contribution >= 0.6 is 11.6 Å². The zero-order valence-electron chi connectivity index (χ0n) is 10.2. The first kappa shape index (κ1) is 14.6. The molecule has 0 aliphatic rings. The zero-order chi connectivity index (χ0) is 13.4. The van der Waals surface area contributed by atoms with Crippen molar-refractivity contribution in [1.29, 1.82) is 0 Å². The molecule has 96 valence electrons. The first-order valence-electron chi connectivity index (χ1n) is 5.66. The van der Waals surface area contributed by atoms with E-state index in [0.717, 1.165) is 6.42 Å². The van der Waals surface area contributed by atoms with E-state index in [9.17, 15) is 4.79 Å². The molecule has 0 spiro atoms. The number of carbonyl (C=O) groups is 1. The van der Waals surface area contributed by atoms with Crippen molar-refractivity contribution in [3.05, 3.63) is 34.9 Å². The Hall–Kier alpha value is -1.50. The van der Waals surface area contributed by atoms with Crippen molar-refractivity contribution in [2.45, 2.75) is 19.4 Å². The van der Waals surface area contributed by atoms with Crippen LogP contribution < -0.4 is 0 Å². The molecule has 0 aliphatic heterocycles. The highest BCUT2D eigenvalue weighted by Crippen LogP contribution is 2.21. The normalized spacial score (nSPS) is 11.6. The molecule has 0 saturated heterocycles. The van der Waals surface area contributed by atoms with Gasteiger partial charge >= 0.3 is 5.97 Å². The van der Waals surface area contributed by atoms with Gasteiger partial charge in [-0.15, -0.1) is 6.42 Å². The van der Waals surface area contributed by atoms with Gasteiger partial charge in [0, 0.05) is 11.6 Å². The summed E-state index contributed by atoms with van der Waals surface area (Å²) in [7, 11) is 0. The predicted molar refractivity (Wildman–Crippen MR) is 70.2 cm³/mol. The quantitative estimate of drug-likeness (QED) is 0.587. The summed E-state index contributed by atoms with van der Waals surface area (Å²) in [5.74, 6) is 1.77. The molecule has 18 heavy (non-hydrogen) atoms. The van der Waals surface area contributed by atoms with Gasteiger partial charge in [0.2, 0.25) is 0 Å². The Labute approximate surface area is 112 Å². The van der Waals surface area contributed by atoms with Crippen molar-refractivity contribution in [3.63, 3.8) is 0 Å². The number of carbonyl (C=O) groups excluding carboxylic acids is 1. The number of hydrogen-bond acceptors (Lipinski definition) is 3. The summed E-state index contributed by atoms with van der Waals surface area (Å²) < 4.78 is 10.4. The van der Waals surface area contributed by atoms with Crippen LogP contribution in [-0.4, -0.2) is 19.2 Å². The summed E-state index contributed by atoms with van der Waals surface area (Å²) in [6.07, 6.45) is 5.11. The van der Waals surface area contributed by atoms with E-state index in [1.807, 2.05) is 6.92 Å². The Morgan fingerprint density at radius 1 is 1.44 bits per heavy atom. The first-order valence-corrected chi connectivity index (χ1v) is 6.04. The third kappa shape index (κ3) is 4.40. The molecule has 1 atom stereocenters. The fraction of sp³-hybridized carbons (Fsp3) is 0.357. The van der Waals surface area contributed by atoms with E-state index in [-0.39, 0.29) is 6.61 Å². The highest BCUT2D eigenvalue weighted by Gasteiger charge is 2.22. The van der Waals surface area contributed by atoms with E-state index in [1.165, 1.54) is 0 Å². The number of hydrogen-bond donors (Lipinski definition) is 0. The van der Waals surface area contributed by atoms with Crippen LogP contribution in [0.1, 0.15) is 25.0 Å².